The summed E-state index contributed by atoms with van der Waals surface area (Å²) in [5, 5.41) is 9.43. The van der Waals surface area contributed by atoms with Gasteiger partial charge >= 0.3 is 0 Å². The van der Waals surface area contributed by atoms with Gasteiger partial charge in [0.1, 0.15) is 0 Å². The Hall–Kier alpha value is -0.570. The van der Waals surface area contributed by atoms with Crippen LogP contribution in [0.5, 0.6) is 0 Å². The van der Waals surface area contributed by atoms with Gasteiger partial charge in [-0.05, 0) is 18.8 Å². The van der Waals surface area contributed by atoms with Crippen LogP contribution >= 0.6 is 0 Å². The molecule has 1 amide bonds. The van der Waals surface area contributed by atoms with E-state index in [1.807, 2.05) is 0 Å². The van der Waals surface area contributed by atoms with Gasteiger partial charge in [-0.3, -0.25) is 4.79 Å². The molecular formula is C11H21NO2. The summed E-state index contributed by atoms with van der Waals surface area (Å²) in [5.74, 6) is 0.666. The van der Waals surface area contributed by atoms with Crippen LogP contribution in [0, 0.1) is 5.92 Å². The van der Waals surface area contributed by atoms with Crippen molar-refractivity contribution in [2.75, 3.05) is 13.1 Å². The lowest BCUT2D eigenvalue weighted by Gasteiger charge is -2.30. The van der Waals surface area contributed by atoms with E-state index in [9.17, 15) is 9.90 Å². The lowest BCUT2D eigenvalue weighted by Crippen LogP contribution is -2.42. The standard InChI is InChI=1S/C11H21NO2/c1-3-9(2)7-11(14)12-6-4-5-10(13)8-12/h9-10,13H,3-8H2,1-2H3/t9?,10-/m0/s1. The van der Waals surface area contributed by atoms with Crippen molar-refractivity contribution in [2.24, 2.45) is 5.92 Å². The van der Waals surface area contributed by atoms with Gasteiger partial charge in [-0.25, -0.2) is 0 Å². The normalized spacial score (nSPS) is 24.8. The molecule has 0 aromatic heterocycles. The highest BCUT2D eigenvalue weighted by molar-refractivity contribution is 5.76. The largest absolute Gasteiger partial charge is 0.391 e. The zero-order valence-corrected chi connectivity index (χ0v) is 9.20. The number of carbonyl (C=O) groups excluding carboxylic acids is 1. The van der Waals surface area contributed by atoms with Crippen LogP contribution in [0.3, 0.4) is 0 Å². The van der Waals surface area contributed by atoms with Gasteiger partial charge in [-0.2, -0.15) is 0 Å². The number of β-amino-alcohol motifs (C(OH)–C–C–N with tert-alkyl or cyclic N) is 1. The molecule has 2 atom stereocenters. The maximum Gasteiger partial charge on any atom is 0.222 e. The van der Waals surface area contributed by atoms with E-state index >= 15 is 0 Å². The van der Waals surface area contributed by atoms with E-state index in [0.29, 0.717) is 18.9 Å². The van der Waals surface area contributed by atoms with Gasteiger partial charge in [0, 0.05) is 19.5 Å². The Bertz CT molecular complexity index is 194. The van der Waals surface area contributed by atoms with Crippen LogP contribution in [0.4, 0.5) is 0 Å². The number of aliphatic hydroxyl groups excluding tert-OH is 1. The number of hydrogen-bond donors (Lipinski definition) is 1. The Balaban J connectivity index is 2.36. The fraction of sp³-hybridized carbons (Fsp3) is 0.909. The predicted octanol–water partition coefficient (Wildman–Crippen LogP) is 1.41. The highest BCUT2D eigenvalue weighted by Crippen LogP contribution is 2.14. The maximum absolute atomic E-state index is 11.7. The van der Waals surface area contributed by atoms with Gasteiger partial charge in [-0.1, -0.05) is 20.3 Å². The lowest BCUT2D eigenvalue weighted by atomic mass is 10.0. The SMILES string of the molecule is CCC(C)CC(=O)N1CCC[C@H](O)C1. The molecule has 0 aromatic carbocycles. The van der Waals surface area contributed by atoms with Crippen LogP contribution in [0.1, 0.15) is 39.5 Å². The molecule has 14 heavy (non-hydrogen) atoms. The van der Waals surface area contributed by atoms with Gasteiger partial charge in [0.25, 0.3) is 0 Å². The Labute approximate surface area is 86.1 Å². The van der Waals surface area contributed by atoms with Gasteiger partial charge in [0.05, 0.1) is 6.10 Å². The molecule has 1 rings (SSSR count). The number of carbonyl (C=O) groups is 1. The van der Waals surface area contributed by atoms with E-state index in [2.05, 4.69) is 13.8 Å². The fourth-order valence-electron chi connectivity index (χ4n) is 1.75. The van der Waals surface area contributed by atoms with Crippen molar-refractivity contribution in [3.63, 3.8) is 0 Å². The lowest BCUT2D eigenvalue weighted by molar-refractivity contribution is -0.135. The summed E-state index contributed by atoms with van der Waals surface area (Å²) in [7, 11) is 0. The molecular weight excluding hydrogens is 178 g/mol. The highest BCUT2D eigenvalue weighted by Gasteiger charge is 2.22. The van der Waals surface area contributed by atoms with Crippen molar-refractivity contribution in [3.8, 4) is 0 Å². The van der Waals surface area contributed by atoms with E-state index in [1.165, 1.54) is 0 Å². The molecule has 3 heteroatoms. The van der Waals surface area contributed by atoms with Gasteiger partial charge in [-0.15, -0.1) is 0 Å². The average Bonchev–Trinajstić information content (AvgIpc) is 2.17. The third-order valence-corrected chi connectivity index (χ3v) is 2.97. The second-order valence-corrected chi connectivity index (χ2v) is 4.35. The maximum atomic E-state index is 11.7. The second kappa shape index (κ2) is 5.35. The third kappa shape index (κ3) is 3.29. The van der Waals surface area contributed by atoms with Gasteiger partial charge < -0.3 is 10.0 Å². The summed E-state index contributed by atoms with van der Waals surface area (Å²) in [6, 6.07) is 0. The number of nitrogens with zero attached hydrogens (tertiary/aromatic N) is 1. The van der Waals surface area contributed by atoms with Crippen LogP contribution in [0.2, 0.25) is 0 Å². The van der Waals surface area contributed by atoms with Crippen molar-refractivity contribution < 1.29 is 9.90 Å². The van der Waals surface area contributed by atoms with Crippen LogP contribution in [0.15, 0.2) is 0 Å². The van der Waals surface area contributed by atoms with Crippen molar-refractivity contribution in [2.45, 2.75) is 45.6 Å². The second-order valence-electron chi connectivity index (χ2n) is 4.35. The van der Waals surface area contributed by atoms with Crippen molar-refractivity contribution in [3.05, 3.63) is 0 Å². The predicted molar refractivity (Wildman–Crippen MR) is 55.9 cm³/mol. The average molecular weight is 199 g/mol. The molecule has 0 aromatic rings. The van der Waals surface area contributed by atoms with Crippen LogP contribution in [-0.2, 0) is 4.79 Å². The van der Waals surface area contributed by atoms with Crippen molar-refractivity contribution in [1.29, 1.82) is 0 Å². The first-order valence-corrected chi connectivity index (χ1v) is 5.59. The molecule has 3 nitrogen and oxygen atoms in total. The Morgan fingerprint density at radius 3 is 2.93 bits per heavy atom. The minimum atomic E-state index is -0.301. The van der Waals surface area contributed by atoms with Gasteiger partial charge in [0.15, 0.2) is 0 Å². The third-order valence-electron chi connectivity index (χ3n) is 2.97. The number of hydrogen-bond acceptors (Lipinski definition) is 2. The Morgan fingerprint density at radius 1 is 1.64 bits per heavy atom. The van der Waals surface area contributed by atoms with E-state index < -0.39 is 0 Å². The van der Waals surface area contributed by atoms with Crippen LogP contribution < -0.4 is 0 Å². The number of piperidine rings is 1. The van der Waals surface area contributed by atoms with E-state index in [-0.39, 0.29) is 12.0 Å². The van der Waals surface area contributed by atoms with Gasteiger partial charge in [0.2, 0.25) is 5.91 Å². The van der Waals surface area contributed by atoms with Crippen LogP contribution in [0.25, 0.3) is 0 Å². The number of aliphatic hydroxyl groups is 1. The molecule has 1 aliphatic rings. The molecule has 0 aliphatic carbocycles. The first kappa shape index (κ1) is 11.5. The molecule has 1 heterocycles. The minimum Gasteiger partial charge on any atom is -0.391 e. The summed E-state index contributed by atoms with van der Waals surface area (Å²) in [6.07, 6.45) is 3.15. The van der Waals surface area contributed by atoms with Crippen molar-refractivity contribution in [1.82, 2.24) is 4.90 Å². The summed E-state index contributed by atoms with van der Waals surface area (Å²) in [6.45, 7) is 5.56. The number of rotatable bonds is 3. The molecule has 0 bridgehead atoms. The molecule has 1 N–H and O–H groups in total. The first-order valence-electron chi connectivity index (χ1n) is 5.59. The van der Waals surface area contributed by atoms with Crippen molar-refractivity contribution >= 4 is 5.91 Å². The molecule has 1 saturated heterocycles. The molecule has 0 saturated carbocycles. The first-order chi connectivity index (χ1) is 6.63. The summed E-state index contributed by atoms with van der Waals surface area (Å²) < 4.78 is 0. The van der Waals surface area contributed by atoms with E-state index in [1.54, 1.807) is 4.90 Å². The number of amides is 1. The van der Waals surface area contributed by atoms with E-state index in [4.69, 9.17) is 0 Å². The van der Waals surface area contributed by atoms with E-state index in [0.717, 1.165) is 25.8 Å². The molecule has 1 aliphatic heterocycles. The number of likely N-dealkylation sites (tertiary alicyclic amines) is 1. The molecule has 82 valence electrons. The Morgan fingerprint density at radius 2 is 2.36 bits per heavy atom. The highest BCUT2D eigenvalue weighted by atomic mass is 16.3. The quantitative estimate of drug-likeness (QED) is 0.746. The zero-order valence-electron chi connectivity index (χ0n) is 9.20. The summed E-state index contributed by atoms with van der Waals surface area (Å²) in [5.41, 5.74) is 0. The minimum absolute atomic E-state index is 0.207. The molecule has 1 unspecified atom stereocenters. The summed E-state index contributed by atoms with van der Waals surface area (Å²) in [4.78, 5) is 13.5. The molecule has 1 fully saturated rings. The monoisotopic (exact) mass is 199 g/mol. The molecule has 0 radical (unpaired) electrons. The molecule has 0 spiro atoms. The zero-order chi connectivity index (χ0) is 10.6. The summed E-state index contributed by atoms with van der Waals surface area (Å²) >= 11 is 0. The van der Waals surface area contributed by atoms with Crippen LogP contribution in [-0.4, -0.2) is 35.1 Å². The smallest absolute Gasteiger partial charge is 0.222 e. The Kier molecular flexibility index (Phi) is 4.39. The topological polar surface area (TPSA) is 40.5 Å². The fourth-order valence-corrected chi connectivity index (χ4v) is 1.75.